The maximum absolute atomic E-state index is 12.3. The Hall–Kier alpha value is -2.44. The second-order valence-electron chi connectivity index (χ2n) is 7.72. The summed E-state index contributed by atoms with van der Waals surface area (Å²) in [6.07, 6.45) is 6.49. The molecule has 1 fully saturated rings. The van der Waals surface area contributed by atoms with E-state index in [0.29, 0.717) is 31.2 Å². The van der Waals surface area contributed by atoms with Crippen molar-refractivity contribution in [2.75, 3.05) is 13.1 Å². The van der Waals surface area contributed by atoms with Crippen LogP contribution in [0.5, 0.6) is 0 Å². The Morgan fingerprint density at radius 3 is 2.60 bits per heavy atom. The highest BCUT2D eigenvalue weighted by Crippen LogP contribution is 2.21. The summed E-state index contributed by atoms with van der Waals surface area (Å²) in [5.41, 5.74) is 1.21. The molecule has 2 aromatic heterocycles. The summed E-state index contributed by atoms with van der Waals surface area (Å²) >= 11 is 0. The molecule has 1 aliphatic rings. The molecule has 7 nitrogen and oxygen atoms in total. The highest BCUT2D eigenvalue weighted by molar-refractivity contribution is 5.92. The average Bonchev–Trinajstić information content (AvgIpc) is 3.10. The van der Waals surface area contributed by atoms with Crippen molar-refractivity contribution in [2.45, 2.75) is 45.6 Å². The van der Waals surface area contributed by atoms with Gasteiger partial charge in [-0.2, -0.15) is 0 Å². The summed E-state index contributed by atoms with van der Waals surface area (Å²) in [5, 5.41) is 0. The summed E-state index contributed by atoms with van der Waals surface area (Å²) in [4.78, 5) is 37.7. The molecule has 25 heavy (non-hydrogen) atoms. The Morgan fingerprint density at radius 1 is 1.32 bits per heavy atom. The number of hydrogen-bond acceptors (Lipinski definition) is 4. The molecule has 1 saturated heterocycles. The van der Waals surface area contributed by atoms with E-state index >= 15 is 0 Å². The van der Waals surface area contributed by atoms with Gasteiger partial charge in [-0.3, -0.25) is 14.2 Å². The van der Waals surface area contributed by atoms with E-state index in [2.05, 4.69) is 15.0 Å². The number of amides is 1. The van der Waals surface area contributed by atoms with Gasteiger partial charge in [-0.05, 0) is 18.8 Å². The number of imidazole rings is 1. The minimum Gasteiger partial charge on any atom is -0.341 e. The van der Waals surface area contributed by atoms with Gasteiger partial charge in [0.15, 0.2) is 0 Å². The van der Waals surface area contributed by atoms with Crippen LogP contribution in [0.1, 0.15) is 49.8 Å². The molecule has 134 valence electrons. The van der Waals surface area contributed by atoms with Crippen LogP contribution in [0.3, 0.4) is 0 Å². The molecule has 1 aliphatic heterocycles. The summed E-state index contributed by atoms with van der Waals surface area (Å²) in [6.45, 7) is 8.19. The monoisotopic (exact) mass is 343 g/mol. The first-order chi connectivity index (χ1) is 11.8. The highest BCUT2D eigenvalue weighted by Gasteiger charge is 2.25. The third kappa shape index (κ3) is 3.97. The van der Waals surface area contributed by atoms with E-state index in [-0.39, 0.29) is 16.9 Å². The minimum absolute atomic E-state index is 0.00380. The average molecular weight is 343 g/mol. The second-order valence-corrected chi connectivity index (χ2v) is 7.72. The number of hydrogen-bond donors (Lipinski definition) is 1. The number of nitrogens with one attached hydrogen (secondary N) is 1. The van der Waals surface area contributed by atoms with E-state index in [4.69, 9.17) is 0 Å². The first kappa shape index (κ1) is 17.4. The molecule has 1 N–H and O–H groups in total. The van der Waals surface area contributed by atoms with Crippen molar-refractivity contribution in [2.24, 2.45) is 5.92 Å². The fourth-order valence-electron chi connectivity index (χ4n) is 3.11. The van der Waals surface area contributed by atoms with Gasteiger partial charge >= 0.3 is 0 Å². The van der Waals surface area contributed by atoms with Crippen LogP contribution in [0.15, 0.2) is 29.7 Å². The van der Waals surface area contributed by atoms with E-state index in [0.717, 1.165) is 18.5 Å². The van der Waals surface area contributed by atoms with E-state index in [1.165, 1.54) is 6.33 Å². The normalized spacial score (nSPS) is 16.2. The standard InChI is InChI=1S/C18H25N5O2/c1-18(2,3)15-8-16(24)23(12-21-15)10-13-4-6-22(7-5-13)17(25)14-9-19-11-20-14/h8-9,11-13H,4-7,10H2,1-3H3,(H,19,20). The maximum Gasteiger partial charge on any atom is 0.271 e. The molecule has 0 aliphatic carbocycles. The number of nitrogens with zero attached hydrogens (tertiary/aromatic N) is 4. The lowest BCUT2D eigenvalue weighted by molar-refractivity contribution is 0.0677. The topological polar surface area (TPSA) is 83.9 Å². The summed E-state index contributed by atoms with van der Waals surface area (Å²) in [7, 11) is 0. The zero-order valence-corrected chi connectivity index (χ0v) is 15.0. The molecule has 0 atom stereocenters. The van der Waals surface area contributed by atoms with E-state index in [1.807, 2.05) is 25.7 Å². The zero-order valence-electron chi connectivity index (χ0n) is 15.0. The molecule has 0 unspecified atom stereocenters. The third-order valence-corrected chi connectivity index (χ3v) is 4.73. The number of aromatic amines is 1. The number of likely N-dealkylation sites (tertiary alicyclic amines) is 1. The fraction of sp³-hybridized carbons (Fsp3) is 0.556. The number of carbonyl (C=O) groups excluding carboxylic acids is 1. The Bertz CT molecular complexity index is 781. The van der Waals surface area contributed by atoms with Crippen molar-refractivity contribution in [3.05, 3.63) is 46.7 Å². The van der Waals surface area contributed by atoms with Crippen LogP contribution in [0.25, 0.3) is 0 Å². The smallest absolute Gasteiger partial charge is 0.271 e. The molecular formula is C18H25N5O2. The van der Waals surface area contributed by atoms with Crippen LogP contribution in [0, 0.1) is 5.92 Å². The van der Waals surface area contributed by atoms with Crippen molar-refractivity contribution in [3.8, 4) is 0 Å². The number of carbonyl (C=O) groups is 1. The van der Waals surface area contributed by atoms with Gasteiger partial charge < -0.3 is 9.88 Å². The molecule has 3 heterocycles. The van der Waals surface area contributed by atoms with Crippen molar-refractivity contribution >= 4 is 5.91 Å². The molecule has 7 heteroatoms. The number of aromatic nitrogens is 4. The Labute approximate surface area is 147 Å². The largest absolute Gasteiger partial charge is 0.341 e. The van der Waals surface area contributed by atoms with E-state index in [1.54, 1.807) is 23.2 Å². The van der Waals surface area contributed by atoms with Crippen molar-refractivity contribution in [3.63, 3.8) is 0 Å². The fourth-order valence-corrected chi connectivity index (χ4v) is 3.11. The van der Waals surface area contributed by atoms with Crippen LogP contribution in [-0.4, -0.2) is 43.4 Å². The summed E-state index contributed by atoms with van der Waals surface area (Å²) in [6, 6.07) is 1.64. The Kier molecular flexibility index (Phi) is 4.74. The van der Waals surface area contributed by atoms with Gasteiger partial charge in [0, 0.05) is 31.1 Å². The van der Waals surface area contributed by atoms with Gasteiger partial charge in [0.1, 0.15) is 5.69 Å². The Morgan fingerprint density at radius 2 is 2.04 bits per heavy atom. The number of H-pyrrole nitrogens is 1. The van der Waals surface area contributed by atoms with Crippen LogP contribution >= 0.6 is 0 Å². The molecule has 1 amide bonds. The lowest BCUT2D eigenvalue weighted by atomic mass is 9.92. The van der Waals surface area contributed by atoms with Gasteiger partial charge in [0.05, 0.1) is 24.5 Å². The molecule has 0 aromatic carbocycles. The van der Waals surface area contributed by atoms with Gasteiger partial charge in [0.2, 0.25) is 0 Å². The van der Waals surface area contributed by atoms with Crippen molar-refractivity contribution in [1.29, 1.82) is 0 Å². The summed E-state index contributed by atoms with van der Waals surface area (Å²) < 4.78 is 1.69. The van der Waals surface area contributed by atoms with E-state index < -0.39 is 0 Å². The van der Waals surface area contributed by atoms with Crippen LogP contribution in [-0.2, 0) is 12.0 Å². The molecule has 3 rings (SSSR count). The van der Waals surface area contributed by atoms with Gasteiger partial charge in [-0.25, -0.2) is 9.97 Å². The highest BCUT2D eigenvalue weighted by atomic mass is 16.2. The zero-order chi connectivity index (χ0) is 18.0. The number of piperidine rings is 1. The lowest BCUT2D eigenvalue weighted by Crippen LogP contribution is -2.40. The second kappa shape index (κ2) is 6.82. The van der Waals surface area contributed by atoms with Gasteiger partial charge in [-0.1, -0.05) is 20.8 Å². The summed E-state index contributed by atoms with van der Waals surface area (Å²) in [5.74, 6) is 0.370. The van der Waals surface area contributed by atoms with Gasteiger partial charge in [0.25, 0.3) is 11.5 Å². The molecule has 0 radical (unpaired) electrons. The Balaban J connectivity index is 1.59. The molecule has 2 aromatic rings. The van der Waals surface area contributed by atoms with Crippen LogP contribution in [0.2, 0.25) is 0 Å². The van der Waals surface area contributed by atoms with Gasteiger partial charge in [-0.15, -0.1) is 0 Å². The molecule has 0 spiro atoms. The first-order valence-electron chi connectivity index (χ1n) is 8.69. The van der Waals surface area contributed by atoms with Crippen LogP contribution < -0.4 is 5.56 Å². The lowest BCUT2D eigenvalue weighted by Gasteiger charge is -2.32. The SMILES string of the molecule is CC(C)(C)c1cc(=O)n(CC2CCN(C(=O)c3cnc[nH]3)CC2)cn1. The van der Waals surface area contributed by atoms with Crippen LogP contribution in [0.4, 0.5) is 0 Å². The van der Waals surface area contributed by atoms with Crippen molar-refractivity contribution < 1.29 is 4.79 Å². The maximum atomic E-state index is 12.3. The van der Waals surface area contributed by atoms with E-state index in [9.17, 15) is 9.59 Å². The van der Waals surface area contributed by atoms with Crippen molar-refractivity contribution in [1.82, 2.24) is 24.4 Å². The predicted molar refractivity (Wildman–Crippen MR) is 94.4 cm³/mol. The third-order valence-electron chi connectivity index (χ3n) is 4.73. The number of rotatable bonds is 3. The predicted octanol–water partition coefficient (Wildman–Crippen LogP) is 1.82. The molecule has 0 saturated carbocycles. The molecule has 0 bridgehead atoms. The molecular weight excluding hydrogens is 318 g/mol. The quantitative estimate of drug-likeness (QED) is 0.921. The minimum atomic E-state index is -0.128. The first-order valence-corrected chi connectivity index (χ1v) is 8.69.